The van der Waals surface area contributed by atoms with Gasteiger partial charge in [-0.2, -0.15) is 0 Å². The Kier molecular flexibility index (Phi) is 3.72. The maximum absolute atomic E-state index is 5.52. The van der Waals surface area contributed by atoms with Crippen LogP contribution in [0.4, 0.5) is 0 Å². The summed E-state index contributed by atoms with van der Waals surface area (Å²) in [4.78, 5) is 4.46. The van der Waals surface area contributed by atoms with E-state index >= 15 is 0 Å². The van der Waals surface area contributed by atoms with Crippen LogP contribution < -0.4 is 10.1 Å². The molecule has 17 heavy (non-hydrogen) atoms. The Balaban J connectivity index is 1.96. The van der Waals surface area contributed by atoms with E-state index in [0.717, 1.165) is 23.6 Å². The van der Waals surface area contributed by atoms with Crippen molar-refractivity contribution in [3.63, 3.8) is 0 Å². The number of ether oxygens (including phenoxy) is 1. The maximum atomic E-state index is 5.52. The number of aromatic amines is 1. The summed E-state index contributed by atoms with van der Waals surface area (Å²) in [6.07, 6.45) is 0. The van der Waals surface area contributed by atoms with Crippen LogP contribution >= 0.6 is 0 Å². The van der Waals surface area contributed by atoms with Crippen LogP contribution in [0.2, 0.25) is 0 Å². The molecule has 0 aliphatic rings. The molecule has 0 saturated carbocycles. The first-order chi connectivity index (χ1) is 8.28. The zero-order valence-electron chi connectivity index (χ0n) is 10.0. The standard InChI is InChI=1S/C12H16N4O/c1-9-6-12(16-15-9)17-8-11-5-3-4-10(14-11)7-13-2/h3-6,13H,7-8H2,1-2H3,(H,15,16). The summed E-state index contributed by atoms with van der Waals surface area (Å²) in [5, 5.41) is 9.90. The zero-order chi connectivity index (χ0) is 12.1. The third-order valence-corrected chi connectivity index (χ3v) is 2.27. The second kappa shape index (κ2) is 5.45. The molecule has 0 amide bonds. The van der Waals surface area contributed by atoms with Crippen molar-refractivity contribution in [1.82, 2.24) is 20.5 Å². The molecule has 0 saturated heterocycles. The molecule has 0 fully saturated rings. The van der Waals surface area contributed by atoms with Crippen molar-refractivity contribution in [1.29, 1.82) is 0 Å². The van der Waals surface area contributed by atoms with Gasteiger partial charge >= 0.3 is 0 Å². The number of nitrogens with one attached hydrogen (secondary N) is 2. The van der Waals surface area contributed by atoms with Crippen LogP contribution in [0.25, 0.3) is 0 Å². The average Bonchev–Trinajstić information content (AvgIpc) is 2.74. The predicted molar refractivity (Wildman–Crippen MR) is 64.7 cm³/mol. The Bertz CT molecular complexity index is 481. The summed E-state index contributed by atoms with van der Waals surface area (Å²) < 4.78 is 5.52. The number of H-pyrrole nitrogens is 1. The normalized spacial score (nSPS) is 10.5. The van der Waals surface area contributed by atoms with Crippen molar-refractivity contribution in [2.45, 2.75) is 20.1 Å². The minimum atomic E-state index is 0.432. The lowest BCUT2D eigenvalue weighted by atomic mass is 10.3. The molecule has 0 bridgehead atoms. The number of hydrogen-bond donors (Lipinski definition) is 2. The number of aryl methyl sites for hydroxylation is 1. The number of aromatic nitrogens is 3. The topological polar surface area (TPSA) is 62.8 Å². The quantitative estimate of drug-likeness (QED) is 0.818. The molecule has 2 rings (SSSR count). The Morgan fingerprint density at radius 1 is 1.35 bits per heavy atom. The molecular weight excluding hydrogens is 216 g/mol. The van der Waals surface area contributed by atoms with Crippen molar-refractivity contribution in [2.24, 2.45) is 0 Å². The number of pyridine rings is 1. The summed E-state index contributed by atoms with van der Waals surface area (Å²) in [5.41, 5.74) is 2.89. The Morgan fingerprint density at radius 2 is 2.18 bits per heavy atom. The lowest BCUT2D eigenvalue weighted by Crippen LogP contribution is -2.08. The minimum Gasteiger partial charge on any atom is -0.470 e. The molecule has 0 spiro atoms. The fraction of sp³-hybridized carbons (Fsp3) is 0.333. The lowest BCUT2D eigenvalue weighted by molar-refractivity contribution is 0.288. The molecular formula is C12H16N4O. The van der Waals surface area contributed by atoms with Gasteiger partial charge in [0.1, 0.15) is 6.61 Å². The first kappa shape index (κ1) is 11.6. The zero-order valence-corrected chi connectivity index (χ0v) is 10.0. The van der Waals surface area contributed by atoms with E-state index in [1.54, 1.807) is 0 Å². The van der Waals surface area contributed by atoms with Crippen molar-refractivity contribution in [3.8, 4) is 5.88 Å². The highest BCUT2D eigenvalue weighted by Crippen LogP contribution is 2.09. The van der Waals surface area contributed by atoms with Gasteiger partial charge in [0, 0.05) is 18.3 Å². The van der Waals surface area contributed by atoms with Crippen LogP contribution in [0.15, 0.2) is 24.3 Å². The molecule has 0 atom stereocenters. The molecule has 2 N–H and O–H groups in total. The first-order valence-electron chi connectivity index (χ1n) is 5.52. The van der Waals surface area contributed by atoms with Gasteiger partial charge in [0.25, 0.3) is 0 Å². The van der Waals surface area contributed by atoms with Crippen LogP contribution in [-0.2, 0) is 13.2 Å². The van der Waals surface area contributed by atoms with E-state index in [2.05, 4.69) is 20.5 Å². The highest BCUT2D eigenvalue weighted by atomic mass is 16.5. The van der Waals surface area contributed by atoms with Gasteiger partial charge in [-0.3, -0.25) is 10.1 Å². The molecule has 2 aromatic rings. The average molecular weight is 232 g/mol. The summed E-state index contributed by atoms with van der Waals surface area (Å²) in [7, 11) is 1.90. The van der Waals surface area contributed by atoms with Gasteiger partial charge in [-0.15, -0.1) is 5.10 Å². The van der Waals surface area contributed by atoms with Gasteiger partial charge in [-0.1, -0.05) is 6.07 Å². The molecule has 0 aliphatic carbocycles. The fourth-order valence-electron chi connectivity index (χ4n) is 1.50. The van der Waals surface area contributed by atoms with Crippen LogP contribution in [0.5, 0.6) is 5.88 Å². The summed E-state index contributed by atoms with van der Waals surface area (Å²) in [6.45, 7) is 3.13. The second-order valence-electron chi connectivity index (χ2n) is 3.83. The van der Waals surface area contributed by atoms with Gasteiger partial charge < -0.3 is 10.1 Å². The van der Waals surface area contributed by atoms with E-state index in [9.17, 15) is 0 Å². The van der Waals surface area contributed by atoms with Crippen LogP contribution in [0, 0.1) is 6.92 Å². The molecule has 5 heteroatoms. The van der Waals surface area contributed by atoms with Gasteiger partial charge in [-0.05, 0) is 26.1 Å². The molecule has 0 aliphatic heterocycles. The highest BCUT2D eigenvalue weighted by molar-refractivity contribution is 5.14. The number of hydrogen-bond acceptors (Lipinski definition) is 4. The first-order valence-corrected chi connectivity index (χ1v) is 5.52. The minimum absolute atomic E-state index is 0.432. The largest absolute Gasteiger partial charge is 0.470 e. The Morgan fingerprint density at radius 3 is 2.88 bits per heavy atom. The summed E-state index contributed by atoms with van der Waals surface area (Å²) >= 11 is 0. The van der Waals surface area contributed by atoms with E-state index in [0.29, 0.717) is 12.5 Å². The molecule has 2 heterocycles. The maximum Gasteiger partial charge on any atom is 0.233 e. The summed E-state index contributed by atoms with van der Waals surface area (Å²) in [5.74, 6) is 0.600. The van der Waals surface area contributed by atoms with Gasteiger partial charge in [0.15, 0.2) is 0 Å². The SMILES string of the molecule is CNCc1cccc(COc2cc(C)[nH]n2)n1. The third kappa shape index (κ3) is 3.29. The van der Waals surface area contributed by atoms with Crippen molar-refractivity contribution in [3.05, 3.63) is 41.3 Å². The van der Waals surface area contributed by atoms with E-state index in [4.69, 9.17) is 4.74 Å². The fourth-order valence-corrected chi connectivity index (χ4v) is 1.50. The van der Waals surface area contributed by atoms with E-state index in [1.165, 1.54) is 0 Å². The van der Waals surface area contributed by atoms with Crippen LogP contribution in [0.3, 0.4) is 0 Å². The lowest BCUT2D eigenvalue weighted by Gasteiger charge is -2.04. The molecule has 0 radical (unpaired) electrons. The van der Waals surface area contributed by atoms with Crippen molar-refractivity contribution < 1.29 is 4.74 Å². The van der Waals surface area contributed by atoms with Gasteiger partial charge in [0.05, 0.1) is 11.4 Å². The van der Waals surface area contributed by atoms with Gasteiger partial charge in [-0.25, -0.2) is 0 Å². The Labute approximate surface area is 100 Å². The van der Waals surface area contributed by atoms with Crippen LogP contribution in [0.1, 0.15) is 17.1 Å². The highest BCUT2D eigenvalue weighted by Gasteiger charge is 2.01. The van der Waals surface area contributed by atoms with Crippen LogP contribution in [-0.4, -0.2) is 22.2 Å². The third-order valence-electron chi connectivity index (χ3n) is 2.27. The smallest absolute Gasteiger partial charge is 0.233 e. The predicted octanol–water partition coefficient (Wildman–Crippen LogP) is 1.41. The Hall–Kier alpha value is -1.88. The van der Waals surface area contributed by atoms with E-state index < -0.39 is 0 Å². The molecule has 90 valence electrons. The van der Waals surface area contributed by atoms with Gasteiger partial charge in [0.2, 0.25) is 5.88 Å². The molecule has 5 nitrogen and oxygen atoms in total. The molecule has 0 unspecified atom stereocenters. The van der Waals surface area contributed by atoms with E-state index in [-0.39, 0.29) is 0 Å². The number of rotatable bonds is 5. The number of nitrogens with zero attached hydrogens (tertiary/aromatic N) is 2. The summed E-state index contributed by atoms with van der Waals surface area (Å²) in [6, 6.07) is 7.77. The van der Waals surface area contributed by atoms with E-state index in [1.807, 2.05) is 38.2 Å². The second-order valence-corrected chi connectivity index (χ2v) is 3.83. The van der Waals surface area contributed by atoms with Crippen molar-refractivity contribution in [2.75, 3.05) is 7.05 Å². The monoisotopic (exact) mass is 232 g/mol. The molecule has 2 aromatic heterocycles. The molecule has 0 aromatic carbocycles. The van der Waals surface area contributed by atoms with Crippen molar-refractivity contribution >= 4 is 0 Å².